The lowest BCUT2D eigenvalue weighted by atomic mass is 10.3. The normalized spacial score (nSPS) is 12.2. The summed E-state index contributed by atoms with van der Waals surface area (Å²) in [7, 11) is -2.15. The number of fused-ring (bicyclic) bond motifs is 1. The first-order chi connectivity index (χ1) is 10.4. The average molecular weight is 336 g/mol. The minimum absolute atomic E-state index is 0.106. The van der Waals surface area contributed by atoms with E-state index in [4.69, 9.17) is 0 Å². The number of anilines is 1. The molecule has 116 valence electrons. The first-order valence-corrected chi connectivity index (χ1v) is 9.00. The Labute approximate surface area is 133 Å². The largest absolute Gasteiger partial charge is 0.269 e. The first-order valence-electron chi connectivity index (χ1n) is 6.79. The number of aromatic nitrogens is 3. The SMILES string of the molecule is CC(C)n1cc(S(=O)(=O)N(C)c2nsc3ccccc23)cn1. The molecule has 22 heavy (non-hydrogen) atoms. The van der Waals surface area contributed by atoms with Crippen LogP contribution in [0.1, 0.15) is 19.9 Å². The van der Waals surface area contributed by atoms with Crippen molar-refractivity contribution in [1.82, 2.24) is 14.2 Å². The van der Waals surface area contributed by atoms with Crippen LogP contribution in [0, 0.1) is 0 Å². The van der Waals surface area contributed by atoms with Crippen molar-refractivity contribution >= 4 is 37.5 Å². The van der Waals surface area contributed by atoms with Crippen molar-refractivity contribution in [2.45, 2.75) is 24.8 Å². The Bertz CT molecular complexity index is 912. The number of rotatable bonds is 4. The Balaban J connectivity index is 2.04. The van der Waals surface area contributed by atoms with Crippen LogP contribution in [0.25, 0.3) is 10.1 Å². The molecule has 0 aliphatic heterocycles. The maximum Gasteiger partial charge on any atom is 0.268 e. The Kier molecular flexibility index (Phi) is 3.65. The second-order valence-corrected chi connectivity index (χ2v) is 8.00. The van der Waals surface area contributed by atoms with Crippen molar-refractivity contribution in [3.8, 4) is 0 Å². The molecular formula is C14H16N4O2S2. The second-order valence-electron chi connectivity index (χ2n) is 5.22. The van der Waals surface area contributed by atoms with E-state index in [9.17, 15) is 8.42 Å². The topological polar surface area (TPSA) is 68.1 Å². The van der Waals surface area contributed by atoms with E-state index in [0.717, 1.165) is 10.1 Å². The first kappa shape index (κ1) is 15.0. The summed E-state index contributed by atoms with van der Waals surface area (Å²) >= 11 is 1.29. The summed E-state index contributed by atoms with van der Waals surface area (Å²) in [5.74, 6) is 0.442. The molecule has 2 aromatic heterocycles. The van der Waals surface area contributed by atoms with Gasteiger partial charge in [0.1, 0.15) is 4.90 Å². The molecule has 2 heterocycles. The predicted octanol–water partition coefficient (Wildman–Crippen LogP) is 2.90. The summed E-state index contributed by atoms with van der Waals surface area (Å²) in [5.41, 5.74) is 0. The zero-order chi connectivity index (χ0) is 15.9. The molecule has 1 aromatic carbocycles. The van der Waals surface area contributed by atoms with Crippen LogP contribution in [0.3, 0.4) is 0 Å². The summed E-state index contributed by atoms with van der Waals surface area (Å²) in [6, 6.07) is 7.68. The lowest BCUT2D eigenvalue weighted by Gasteiger charge is -2.16. The van der Waals surface area contributed by atoms with E-state index in [-0.39, 0.29) is 10.9 Å². The summed E-state index contributed by atoms with van der Waals surface area (Å²) in [4.78, 5) is 0.167. The highest BCUT2D eigenvalue weighted by Crippen LogP contribution is 2.31. The summed E-state index contributed by atoms with van der Waals surface area (Å²) in [6.45, 7) is 3.89. The van der Waals surface area contributed by atoms with Crippen molar-refractivity contribution in [1.29, 1.82) is 0 Å². The molecule has 0 unspecified atom stereocenters. The van der Waals surface area contributed by atoms with Gasteiger partial charge in [-0.2, -0.15) is 9.47 Å². The van der Waals surface area contributed by atoms with E-state index in [2.05, 4.69) is 9.47 Å². The number of nitrogens with zero attached hydrogens (tertiary/aromatic N) is 4. The summed E-state index contributed by atoms with van der Waals surface area (Å²) < 4.78 is 33.6. The zero-order valence-corrected chi connectivity index (χ0v) is 14.1. The standard InChI is InChI=1S/C14H16N4O2S2/c1-10(2)18-9-11(8-15-18)22(19,20)17(3)14-12-6-4-5-7-13(12)21-16-14/h4-10H,1-3H3. The molecule has 0 bridgehead atoms. The van der Waals surface area contributed by atoms with Gasteiger partial charge in [-0.05, 0) is 37.5 Å². The highest BCUT2D eigenvalue weighted by Gasteiger charge is 2.26. The number of hydrogen-bond acceptors (Lipinski definition) is 5. The lowest BCUT2D eigenvalue weighted by Crippen LogP contribution is -2.26. The van der Waals surface area contributed by atoms with Crippen LogP contribution in [0.4, 0.5) is 5.82 Å². The molecule has 0 spiro atoms. The van der Waals surface area contributed by atoms with E-state index in [1.165, 1.54) is 29.1 Å². The van der Waals surface area contributed by atoms with Crippen molar-refractivity contribution in [2.75, 3.05) is 11.4 Å². The van der Waals surface area contributed by atoms with Gasteiger partial charge in [-0.3, -0.25) is 8.99 Å². The van der Waals surface area contributed by atoms with Gasteiger partial charge in [0.15, 0.2) is 5.82 Å². The van der Waals surface area contributed by atoms with Crippen molar-refractivity contribution in [3.63, 3.8) is 0 Å². The third-order valence-electron chi connectivity index (χ3n) is 3.42. The molecular weight excluding hydrogens is 320 g/mol. The van der Waals surface area contributed by atoms with Gasteiger partial charge < -0.3 is 0 Å². The minimum atomic E-state index is -3.67. The highest BCUT2D eigenvalue weighted by atomic mass is 32.2. The Morgan fingerprint density at radius 3 is 2.68 bits per heavy atom. The molecule has 0 N–H and O–H groups in total. The van der Waals surface area contributed by atoms with Crippen LogP contribution in [-0.2, 0) is 10.0 Å². The summed E-state index contributed by atoms with van der Waals surface area (Å²) in [5, 5.41) is 4.93. The Morgan fingerprint density at radius 2 is 2.00 bits per heavy atom. The number of benzene rings is 1. The molecule has 0 radical (unpaired) electrons. The third-order valence-corrected chi connectivity index (χ3v) is 5.94. The van der Waals surface area contributed by atoms with E-state index in [0.29, 0.717) is 5.82 Å². The molecule has 0 atom stereocenters. The lowest BCUT2D eigenvalue weighted by molar-refractivity contribution is 0.531. The molecule has 3 aromatic rings. The van der Waals surface area contributed by atoms with Gasteiger partial charge in [0.05, 0.1) is 10.9 Å². The highest BCUT2D eigenvalue weighted by molar-refractivity contribution is 7.92. The molecule has 0 saturated heterocycles. The van der Waals surface area contributed by atoms with Crippen LogP contribution >= 0.6 is 11.5 Å². The fourth-order valence-corrected chi connectivity index (χ4v) is 4.07. The van der Waals surface area contributed by atoms with E-state index in [1.54, 1.807) is 10.9 Å². The van der Waals surface area contributed by atoms with E-state index in [1.807, 2.05) is 38.1 Å². The van der Waals surface area contributed by atoms with Crippen LogP contribution in [-0.4, -0.2) is 29.6 Å². The van der Waals surface area contributed by atoms with Gasteiger partial charge in [-0.25, -0.2) is 8.42 Å². The predicted molar refractivity (Wildman–Crippen MR) is 87.8 cm³/mol. The van der Waals surface area contributed by atoms with Gasteiger partial charge in [0.25, 0.3) is 10.0 Å². The van der Waals surface area contributed by atoms with Gasteiger partial charge in [0, 0.05) is 24.7 Å². The van der Waals surface area contributed by atoms with Crippen molar-refractivity contribution < 1.29 is 8.42 Å². The van der Waals surface area contributed by atoms with Gasteiger partial charge in [0.2, 0.25) is 0 Å². The zero-order valence-electron chi connectivity index (χ0n) is 12.5. The number of sulfonamides is 1. The van der Waals surface area contributed by atoms with Gasteiger partial charge in [-0.1, -0.05) is 12.1 Å². The van der Waals surface area contributed by atoms with Crippen LogP contribution in [0.5, 0.6) is 0 Å². The quantitative estimate of drug-likeness (QED) is 0.734. The average Bonchev–Trinajstić information content (AvgIpc) is 3.13. The molecule has 0 aliphatic rings. The Hall–Kier alpha value is -1.93. The van der Waals surface area contributed by atoms with Crippen LogP contribution in [0.15, 0.2) is 41.6 Å². The smallest absolute Gasteiger partial charge is 0.268 e. The van der Waals surface area contributed by atoms with Crippen LogP contribution < -0.4 is 4.31 Å². The van der Waals surface area contributed by atoms with Crippen LogP contribution in [0.2, 0.25) is 0 Å². The monoisotopic (exact) mass is 336 g/mol. The van der Waals surface area contributed by atoms with Gasteiger partial charge in [-0.15, -0.1) is 0 Å². The third kappa shape index (κ3) is 2.38. The molecule has 6 nitrogen and oxygen atoms in total. The van der Waals surface area contributed by atoms with E-state index >= 15 is 0 Å². The van der Waals surface area contributed by atoms with Gasteiger partial charge >= 0.3 is 0 Å². The molecule has 8 heteroatoms. The van der Waals surface area contributed by atoms with Crippen molar-refractivity contribution in [2.24, 2.45) is 0 Å². The fraction of sp³-hybridized carbons (Fsp3) is 0.286. The fourth-order valence-electron chi connectivity index (χ4n) is 2.11. The minimum Gasteiger partial charge on any atom is -0.269 e. The maximum absolute atomic E-state index is 12.7. The molecule has 3 rings (SSSR count). The Morgan fingerprint density at radius 1 is 1.27 bits per heavy atom. The maximum atomic E-state index is 12.7. The van der Waals surface area contributed by atoms with Crippen molar-refractivity contribution in [3.05, 3.63) is 36.7 Å². The molecule has 0 amide bonds. The molecule has 0 aliphatic carbocycles. The molecule has 0 fully saturated rings. The summed E-state index contributed by atoms with van der Waals surface area (Å²) in [6.07, 6.45) is 2.92. The molecule has 0 saturated carbocycles. The second kappa shape index (κ2) is 5.36. The number of hydrogen-bond donors (Lipinski definition) is 0. The van der Waals surface area contributed by atoms with E-state index < -0.39 is 10.0 Å².